The molecular formula is C12H26N2O. The first-order valence-corrected chi connectivity index (χ1v) is 6.25. The predicted molar refractivity (Wildman–Crippen MR) is 63.8 cm³/mol. The molecule has 1 heterocycles. The Morgan fingerprint density at radius 3 is 2.73 bits per heavy atom. The second kappa shape index (κ2) is 5.83. The van der Waals surface area contributed by atoms with Crippen LogP contribution in [0.4, 0.5) is 0 Å². The van der Waals surface area contributed by atoms with E-state index in [4.69, 9.17) is 5.73 Å². The first-order chi connectivity index (χ1) is 7.09. The van der Waals surface area contributed by atoms with E-state index in [1.54, 1.807) is 0 Å². The fourth-order valence-electron chi connectivity index (χ4n) is 2.49. The highest BCUT2D eigenvalue weighted by atomic mass is 16.3. The van der Waals surface area contributed by atoms with Gasteiger partial charge in [-0.3, -0.25) is 0 Å². The minimum Gasteiger partial charge on any atom is -0.390 e. The van der Waals surface area contributed by atoms with E-state index in [9.17, 15) is 5.11 Å². The number of aliphatic hydroxyl groups is 1. The topological polar surface area (TPSA) is 49.5 Å². The second-order valence-electron chi connectivity index (χ2n) is 5.03. The second-order valence-corrected chi connectivity index (χ2v) is 5.03. The van der Waals surface area contributed by atoms with Crippen LogP contribution in [0.2, 0.25) is 0 Å². The molecule has 0 radical (unpaired) electrons. The van der Waals surface area contributed by atoms with E-state index in [1.807, 2.05) is 6.92 Å². The van der Waals surface area contributed by atoms with E-state index < -0.39 is 5.60 Å². The fraction of sp³-hybridized carbons (Fsp3) is 1.00. The molecule has 0 bridgehead atoms. The van der Waals surface area contributed by atoms with E-state index in [0.29, 0.717) is 6.04 Å². The van der Waals surface area contributed by atoms with E-state index in [0.717, 1.165) is 45.3 Å². The first-order valence-electron chi connectivity index (χ1n) is 6.25. The Morgan fingerprint density at radius 1 is 1.40 bits per heavy atom. The highest BCUT2D eigenvalue weighted by Gasteiger charge is 2.27. The first kappa shape index (κ1) is 12.9. The molecular weight excluding hydrogens is 188 g/mol. The smallest absolute Gasteiger partial charge is 0.0632 e. The third-order valence-corrected chi connectivity index (χ3v) is 3.59. The summed E-state index contributed by atoms with van der Waals surface area (Å²) in [7, 11) is 0. The van der Waals surface area contributed by atoms with Gasteiger partial charge in [0.25, 0.3) is 0 Å². The van der Waals surface area contributed by atoms with Gasteiger partial charge < -0.3 is 15.7 Å². The summed E-state index contributed by atoms with van der Waals surface area (Å²) in [6.45, 7) is 7.09. The van der Waals surface area contributed by atoms with Crippen LogP contribution in [-0.2, 0) is 0 Å². The molecule has 0 aromatic heterocycles. The molecule has 2 atom stereocenters. The number of likely N-dealkylation sites (tertiary alicyclic amines) is 1. The van der Waals surface area contributed by atoms with Crippen molar-refractivity contribution in [3.8, 4) is 0 Å². The largest absolute Gasteiger partial charge is 0.390 e. The molecule has 0 aromatic carbocycles. The molecule has 0 amide bonds. The lowest BCUT2D eigenvalue weighted by Crippen LogP contribution is -2.38. The molecule has 0 aliphatic carbocycles. The van der Waals surface area contributed by atoms with Crippen molar-refractivity contribution < 1.29 is 5.11 Å². The predicted octanol–water partition coefficient (Wildman–Crippen LogP) is 1.35. The van der Waals surface area contributed by atoms with E-state index in [2.05, 4.69) is 11.8 Å². The average Bonchev–Trinajstić information content (AvgIpc) is 2.36. The molecule has 2 unspecified atom stereocenters. The molecule has 1 fully saturated rings. The van der Waals surface area contributed by atoms with Crippen molar-refractivity contribution >= 4 is 0 Å². The van der Waals surface area contributed by atoms with Crippen LogP contribution >= 0.6 is 0 Å². The lowest BCUT2D eigenvalue weighted by atomic mass is 9.98. The molecule has 1 aliphatic rings. The van der Waals surface area contributed by atoms with Crippen molar-refractivity contribution in [2.24, 2.45) is 5.73 Å². The molecule has 15 heavy (non-hydrogen) atoms. The standard InChI is InChI=1S/C12H26N2O/c1-3-11(5-8-13)14-9-4-6-12(2,15)7-10-14/h11,15H,3-10,13H2,1-2H3. The van der Waals surface area contributed by atoms with Crippen LogP contribution in [0.25, 0.3) is 0 Å². The van der Waals surface area contributed by atoms with E-state index in [1.165, 1.54) is 6.42 Å². The van der Waals surface area contributed by atoms with Crippen LogP contribution in [0.15, 0.2) is 0 Å². The summed E-state index contributed by atoms with van der Waals surface area (Å²) in [5.41, 5.74) is 5.18. The van der Waals surface area contributed by atoms with Crippen molar-refractivity contribution in [1.29, 1.82) is 0 Å². The molecule has 3 nitrogen and oxygen atoms in total. The number of hydrogen-bond acceptors (Lipinski definition) is 3. The van der Waals surface area contributed by atoms with Gasteiger partial charge in [-0.15, -0.1) is 0 Å². The lowest BCUT2D eigenvalue weighted by Gasteiger charge is -2.30. The molecule has 0 spiro atoms. The minimum atomic E-state index is -0.449. The summed E-state index contributed by atoms with van der Waals surface area (Å²) in [6, 6.07) is 0.615. The monoisotopic (exact) mass is 214 g/mol. The quantitative estimate of drug-likeness (QED) is 0.743. The van der Waals surface area contributed by atoms with Crippen LogP contribution in [0, 0.1) is 0 Å². The van der Waals surface area contributed by atoms with E-state index in [-0.39, 0.29) is 0 Å². The number of nitrogens with zero attached hydrogens (tertiary/aromatic N) is 1. The van der Waals surface area contributed by atoms with Crippen molar-refractivity contribution in [3.63, 3.8) is 0 Å². The van der Waals surface area contributed by atoms with E-state index >= 15 is 0 Å². The maximum absolute atomic E-state index is 10.0. The summed E-state index contributed by atoms with van der Waals surface area (Å²) < 4.78 is 0. The normalized spacial score (nSPS) is 31.2. The molecule has 3 heteroatoms. The van der Waals surface area contributed by atoms with Crippen molar-refractivity contribution in [2.45, 2.75) is 57.6 Å². The highest BCUT2D eigenvalue weighted by Crippen LogP contribution is 2.23. The summed E-state index contributed by atoms with van der Waals surface area (Å²) in [4.78, 5) is 2.51. The van der Waals surface area contributed by atoms with Gasteiger partial charge in [-0.25, -0.2) is 0 Å². The Kier molecular flexibility index (Phi) is 5.03. The van der Waals surface area contributed by atoms with Crippen LogP contribution in [-0.4, -0.2) is 41.3 Å². The molecule has 0 saturated carbocycles. The maximum atomic E-state index is 10.0. The van der Waals surface area contributed by atoms with Crippen LogP contribution in [0.3, 0.4) is 0 Å². The van der Waals surface area contributed by atoms with Crippen molar-refractivity contribution in [3.05, 3.63) is 0 Å². The summed E-state index contributed by atoms with van der Waals surface area (Å²) in [5, 5.41) is 10.0. The van der Waals surface area contributed by atoms with Gasteiger partial charge in [0.1, 0.15) is 0 Å². The number of nitrogens with two attached hydrogens (primary N) is 1. The Balaban J connectivity index is 2.48. The van der Waals surface area contributed by atoms with Crippen LogP contribution < -0.4 is 5.73 Å². The summed E-state index contributed by atoms with van der Waals surface area (Å²) in [6.07, 6.45) is 5.18. The lowest BCUT2D eigenvalue weighted by molar-refractivity contribution is 0.0427. The van der Waals surface area contributed by atoms with Gasteiger partial charge in [-0.1, -0.05) is 6.92 Å². The van der Waals surface area contributed by atoms with Gasteiger partial charge >= 0.3 is 0 Å². The van der Waals surface area contributed by atoms with Crippen molar-refractivity contribution in [2.75, 3.05) is 19.6 Å². The maximum Gasteiger partial charge on any atom is 0.0632 e. The molecule has 3 N–H and O–H groups in total. The Morgan fingerprint density at radius 2 is 2.13 bits per heavy atom. The van der Waals surface area contributed by atoms with Gasteiger partial charge in [-0.2, -0.15) is 0 Å². The Bertz CT molecular complexity index is 182. The zero-order valence-electron chi connectivity index (χ0n) is 10.2. The Hall–Kier alpha value is -0.120. The molecule has 0 aromatic rings. The molecule has 90 valence electrons. The number of rotatable bonds is 4. The summed E-state index contributed by atoms with van der Waals surface area (Å²) >= 11 is 0. The minimum absolute atomic E-state index is 0.449. The zero-order valence-corrected chi connectivity index (χ0v) is 10.2. The fourth-order valence-corrected chi connectivity index (χ4v) is 2.49. The number of hydrogen-bond donors (Lipinski definition) is 2. The summed E-state index contributed by atoms with van der Waals surface area (Å²) in [5.74, 6) is 0. The van der Waals surface area contributed by atoms with Gasteiger partial charge in [0.2, 0.25) is 0 Å². The third kappa shape index (κ3) is 4.09. The van der Waals surface area contributed by atoms with Crippen LogP contribution in [0.1, 0.15) is 46.0 Å². The van der Waals surface area contributed by atoms with Gasteiger partial charge in [-0.05, 0) is 52.1 Å². The molecule has 1 saturated heterocycles. The van der Waals surface area contributed by atoms with Crippen molar-refractivity contribution in [1.82, 2.24) is 4.90 Å². The van der Waals surface area contributed by atoms with Gasteiger partial charge in [0, 0.05) is 12.6 Å². The average molecular weight is 214 g/mol. The zero-order chi connectivity index (χ0) is 11.3. The van der Waals surface area contributed by atoms with Gasteiger partial charge in [0.15, 0.2) is 0 Å². The molecule has 1 rings (SSSR count). The SMILES string of the molecule is CCC(CCN)N1CCCC(C)(O)CC1. The molecule has 1 aliphatic heterocycles. The third-order valence-electron chi connectivity index (χ3n) is 3.59. The highest BCUT2D eigenvalue weighted by molar-refractivity contribution is 4.82. The Labute approximate surface area is 93.6 Å². The van der Waals surface area contributed by atoms with Crippen LogP contribution in [0.5, 0.6) is 0 Å². The van der Waals surface area contributed by atoms with Gasteiger partial charge in [0.05, 0.1) is 5.60 Å².